The fourth-order valence-corrected chi connectivity index (χ4v) is 4.99. The van der Waals surface area contributed by atoms with E-state index in [0.717, 1.165) is 38.1 Å². The third-order valence-electron chi connectivity index (χ3n) is 6.35. The van der Waals surface area contributed by atoms with Crippen LogP contribution in [-0.4, -0.2) is 55.2 Å². The van der Waals surface area contributed by atoms with Crippen molar-refractivity contribution in [3.8, 4) is 5.75 Å². The van der Waals surface area contributed by atoms with Crippen molar-refractivity contribution >= 4 is 11.8 Å². The molecule has 0 bridgehead atoms. The van der Waals surface area contributed by atoms with E-state index in [4.69, 9.17) is 9.47 Å². The summed E-state index contributed by atoms with van der Waals surface area (Å²) < 4.78 is 11.6. The van der Waals surface area contributed by atoms with Gasteiger partial charge in [-0.3, -0.25) is 9.59 Å². The topological polar surface area (TPSA) is 67.9 Å². The number of para-hydroxylation sites is 1. The zero-order valence-electron chi connectivity index (χ0n) is 14.8. The molecular formula is C20H24N2O4. The van der Waals surface area contributed by atoms with Crippen LogP contribution in [0.2, 0.25) is 0 Å². The average molecular weight is 356 g/mol. The second kappa shape index (κ2) is 5.98. The number of amides is 2. The Morgan fingerprint density at radius 3 is 2.96 bits per heavy atom. The Morgan fingerprint density at radius 1 is 1.23 bits per heavy atom. The van der Waals surface area contributed by atoms with Crippen molar-refractivity contribution in [2.45, 2.75) is 37.8 Å². The fraction of sp³-hybridized carbons (Fsp3) is 0.600. The number of carbonyl (C=O) groups excluding carboxylic acids is 2. The van der Waals surface area contributed by atoms with Crippen molar-refractivity contribution < 1.29 is 19.1 Å². The summed E-state index contributed by atoms with van der Waals surface area (Å²) in [4.78, 5) is 26.4. The summed E-state index contributed by atoms with van der Waals surface area (Å²) in [5.41, 5.74) is 1.33. The van der Waals surface area contributed by atoms with E-state index in [1.165, 1.54) is 5.56 Å². The minimum absolute atomic E-state index is 0.0143. The number of benzene rings is 1. The molecule has 1 spiro atoms. The van der Waals surface area contributed by atoms with Crippen molar-refractivity contribution in [2.75, 3.05) is 26.3 Å². The minimum Gasteiger partial charge on any atom is -0.493 e. The Bertz CT molecular complexity index is 743. The van der Waals surface area contributed by atoms with Crippen LogP contribution in [0.1, 0.15) is 24.8 Å². The molecule has 3 heterocycles. The van der Waals surface area contributed by atoms with E-state index in [2.05, 4.69) is 11.4 Å². The van der Waals surface area contributed by atoms with Crippen LogP contribution in [-0.2, 0) is 20.7 Å². The Labute approximate surface area is 152 Å². The Morgan fingerprint density at radius 2 is 2.08 bits per heavy atom. The number of likely N-dealkylation sites (tertiary alicyclic amines) is 1. The Hall–Kier alpha value is -2.08. The number of ether oxygens (including phenoxy) is 2. The molecule has 3 fully saturated rings. The molecule has 26 heavy (non-hydrogen) atoms. The van der Waals surface area contributed by atoms with Gasteiger partial charge in [0.05, 0.1) is 18.8 Å². The smallest absolute Gasteiger partial charge is 0.246 e. The van der Waals surface area contributed by atoms with E-state index >= 15 is 0 Å². The predicted molar refractivity (Wildman–Crippen MR) is 93.7 cm³/mol. The van der Waals surface area contributed by atoms with Crippen LogP contribution in [0.5, 0.6) is 5.75 Å². The molecule has 1 N–H and O–H groups in total. The number of hydrogen-bond donors (Lipinski definition) is 1. The van der Waals surface area contributed by atoms with E-state index in [1.807, 2.05) is 23.1 Å². The summed E-state index contributed by atoms with van der Waals surface area (Å²) in [6.45, 7) is 2.37. The summed E-state index contributed by atoms with van der Waals surface area (Å²) >= 11 is 0. The molecule has 0 radical (unpaired) electrons. The van der Waals surface area contributed by atoms with Gasteiger partial charge in [-0.15, -0.1) is 0 Å². The molecule has 6 nitrogen and oxygen atoms in total. The SMILES string of the molecule is O=C1CO[C@H]2C[C@@H](C(=O)N3CC4(COc5ccccc5C4)C3)CC[C@@H]2N1. The van der Waals surface area contributed by atoms with Gasteiger partial charge in [0, 0.05) is 24.4 Å². The highest BCUT2D eigenvalue weighted by atomic mass is 16.5. The van der Waals surface area contributed by atoms with Crippen LogP contribution in [0.25, 0.3) is 0 Å². The van der Waals surface area contributed by atoms with Crippen LogP contribution in [0.3, 0.4) is 0 Å². The molecule has 1 saturated carbocycles. The van der Waals surface area contributed by atoms with Gasteiger partial charge in [0.25, 0.3) is 0 Å². The molecular weight excluding hydrogens is 332 g/mol. The highest BCUT2D eigenvalue weighted by Gasteiger charge is 2.50. The molecule has 6 heteroatoms. The maximum atomic E-state index is 12.9. The van der Waals surface area contributed by atoms with Gasteiger partial charge in [0.1, 0.15) is 12.4 Å². The molecule has 0 unspecified atom stereocenters. The highest BCUT2D eigenvalue weighted by Crippen LogP contribution is 2.42. The van der Waals surface area contributed by atoms with Crippen molar-refractivity contribution in [1.29, 1.82) is 0 Å². The monoisotopic (exact) mass is 356 g/mol. The third-order valence-corrected chi connectivity index (χ3v) is 6.35. The summed E-state index contributed by atoms with van der Waals surface area (Å²) in [5, 5.41) is 2.99. The normalized spacial score (nSPS) is 31.9. The quantitative estimate of drug-likeness (QED) is 0.819. The minimum atomic E-state index is -0.0432. The number of carbonyl (C=O) groups is 2. The first-order chi connectivity index (χ1) is 12.6. The first kappa shape index (κ1) is 16.1. The first-order valence-corrected chi connectivity index (χ1v) is 9.52. The van der Waals surface area contributed by atoms with E-state index in [-0.39, 0.29) is 41.9 Å². The lowest BCUT2D eigenvalue weighted by molar-refractivity contribution is -0.156. The molecule has 3 atom stereocenters. The number of fused-ring (bicyclic) bond motifs is 2. The predicted octanol–water partition coefficient (Wildman–Crippen LogP) is 1.13. The van der Waals surface area contributed by atoms with E-state index in [0.29, 0.717) is 13.0 Å². The number of hydrogen-bond acceptors (Lipinski definition) is 4. The molecule has 3 aliphatic heterocycles. The molecule has 1 aromatic carbocycles. The van der Waals surface area contributed by atoms with Gasteiger partial charge < -0.3 is 19.7 Å². The number of rotatable bonds is 1. The maximum Gasteiger partial charge on any atom is 0.246 e. The second-order valence-corrected chi connectivity index (χ2v) is 8.30. The lowest BCUT2D eigenvalue weighted by Crippen LogP contribution is -2.64. The van der Waals surface area contributed by atoms with Gasteiger partial charge >= 0.3 is 0 Å². The lowest BCUT2D eigenvalue weighted by Gasteiger charge is -2.53. The van der Waals surface area contributed by atoms with Crippen LogP contribution < -0.4 is 10.1 Å². The summed E-state index contributed by atoms with van der Waals surface area (Å²) in [6, 6.07) is 8.26. The van der Waals surface area contributed by atoms with E-state index in [1.54, 1.807) is 0 Å². The summed E-state index contributed by atoms with van der Waals surface area (Å²) in [6.07, 6.45) is 3.33. The van der Waals surface area contributed by atoms with E-state index in [9.17, 15) is 9.59 Å². The van der Waals surface area contributed by atoms with E-state index < -0.39 is 0 Å². The van der Waals surface area contributed by atoms with Crippen molar-refractivity contribution in [3.63, 3.8) is 0 Å². The maximum absolute atomic E-state index is 12.9. The van der Waals surface area contributed by atoms with Gasteiger partial charge in [-0.2, -0.15) is 0 Å². The Kier molecular flexibility index (Phi) is 3.71. The third kappa shape index (κ3) is 2.67. The molecule has 138 valence electrons. The van der Waals surface area contributed by atoms with Crippen LogP contribution >= 0.6 is 0 Å². The molecule has 4 aliphatic rings. The molecule has 2 saturated heterocycles. The second-order valence-electron chi connectivity index (χ2n) is 8.30. The average Bonchev–Trinajstić information content (AvgIpc) is 2.64. The number of morpholine rings is 1. The number of nitrogens with one attached hydrogen (secondary N) is 1. The van der Waals surface area contributed by atoms with Gasteiger partial charge in [-0.1, -0.05) is 18.2 Å². The van der Waals surface area contributed by atoms with Crippen LogP contribution in [0.15, 0.2) is 24.3 Å². The molecule has 2 amide bonds. The van der Waals surface area contributed by atoms with Gasteiger partial charge in [0.2, 0.25) is 11.8 Å². The molecule has 1 aromatic rings. The van der Waals surface area contributed by atoms with Crippen molar-refractivity contribution in [2.24, 2.45) is 11.3 Å². The standard InChI is InChI=1S/C20H24N2O4/c23-18-9-25-17-7-13(5-6-15(17)21-18)19(24)22-10-20(11-22)8-14-3-1-2-4-16(14)26-12-20/h1-4,13,15,17H,5-12H2,(H,21,23)/t13-,15-,17-/m0/s1. The van der Waals surface area contributed by atoms with Gasteiger partial charge in [-0.25, -0.2) is 0 Å². The van der Waals surface area contributed by atoms with Crippen LogP contribution in [0.4, 0.5) is 0 Å². The zero-order valence-corrected chi connectivity index (χ0v) is 14.8. The molecule has 0 aromatic heterocycles. The first-order valence-electron chi connectivity index (χ1n) is 9.52. The highest BCUT2D eigenvalue weighted by molar-refractivity contribution is 5.81. The zero-order chi connectivity index (χ0) is 17.7. The van der Waals surface area contributed by atoms with Crippen LogP contribution in [0, 0.1) is 11.3 Å². The summed E-state index contributed by atoms with van der Waals surface area (Å²) in [5.74, 6) is 1.20. The van der Waals surface area contributed by atoms with Gasteiger partial charge in [0.15, 0.2) is 0 Å². The molecule has 5 rings (SSSR count). The Balaban J connectivity index is 1.19. The lowest BCUT2D eigenvalue weighted by atomic mass is 9.72. The number of nitrogens with zero attached hydrogens (tertiary/aromatic N) is 1. The largest absolute Gasteiger partial charge is 0.493 e. The van der Waals surface area contributed by atoms with Crippen molar-refractivity contribution in [3.05, 3.63) is 29.8 Å². The van der Waals surface area contributed by atoms with Gasteiger partial charge in [-0.05, 0) is 37.3 Å². The summed E-state index contributed by atoms with van der Waals surface area (Å²) in [7, 11) is 0. The van der Waals surface area contributed by atoms with Crippen molar-refractivity contribution in [1.82, 2.24) is 10.2 Å². The fourth-order valence-electron chi connectivity index (χ4n) is 4.99. The molecule has 1 aliphatic carbocycles.